The van der Waals surface area contributed by atoms with E-state index in [2.05, 4.69) is 44.4 Å². The van der Waals surface area contributed by atoms with Gasteiger partial charge >= 0.3 is 0 Å². The largest absolute Gasteiger partial charge is 0.338 e. The van der Waals surface area contributed by atoms with E-state index in [1.807, 2.05) is 18.2 Å². The zero-order valence-electron chi connectivity index (χ0n) is 11.7. The molecule has 0 aliphatic heterocycles. The molecule has 0 aliphatic carbocycles. The third-order valence-electron chi connectivity index (χ3n) is 3.16. The van der Waals surface area contributed by atoms with Crippen LogP contribution in [0, 0.1) is 0 Å². The Hall–Kier alpha value is -1.98. The van der Waals surface area contributed by atoms with Gasteiger partial charge in [0.1, 0.15) is 0 Å². The molecule has 0 unspecified atom stereocenters. The number of hydrogen-bond donors (Lipinski definition) is 1. The smallest absolute Gasteiger partial charge is 0.240 e. The van der Waals surface area contributed by atoms with Crippen molar-refractivity contribution in [3.8, 4) is 0 Å². The summed E-state index contributed by atoms with van der Waals surface area (Å²) >= 11 is 1.73. The maximum absolute atomic E-state index is 5.25. The maximum Gasteiger partial charge on any atom is 0.240 e. The lowest BCUT2D eigenvalue weighted by Gasteiger charge is -1.99. The van der Waals surface area contributed by atoms with Crippen LogP contribution in [0.5, 0.6) is 0 Å². The van der Waals surface area contributed by atoms with Gasteiger partial charge in [0.25, 0.3) is 0 Å². The number of benzene rings is 1. The van der Waals surface area contributed by atoms with Crippen LogP contribution in [-0.2, 0) is 19.4 Å². The Morgan fingerprint density at radius 2 is 2.00 bits per heavy atom. The Balaban J connectivity index is 1.44. The van der Waals surface area contributed by atoms with Gasteiger partial charge in [0, 0.05) is 6.42 Å². The summed E-state index contributed by atoms with van der Waals surface area (Å²) in [4.78, 5) is 4.40. The van der Waals surface area contributed by atoms with E-state index in [-0.39, 0.29) is 0 Å². The van der Waals surface area contributed by atoms with Crippen LogP contribution in [0.4, 0.5) is 0 Å². The predicted octanol–water partition coefficient (Wildman–Crippen LogP) is 3.05. The summed E-state index contributed by atoms with van der Waals surface area (Å²) in [5, 5.41) is 11.6. The molecule has 4 nitrogen and oxygen atoms in total. The molecule has 3 rings (SSSR count). The highest BCUT2D eigenvalue weighted by atomic mass is 32.1. The zero-order chi connectivity index (χ0) is 14.3. The second-order valence-electron chi connectivity index (χ2n) is 4.83. The Morgan fingerprint density at radius 3 is 2.81 bits per heavy atom. The highest BCUT2D eigenvalue weighted by Crippen LogP contribution is 2.07. The third-order valence-corrected chi connectivity index (χ3v) is 3.89. The third kappa shape index (κ3) is 4.24. The van der Waals surface area contributed by atoms with Crippen LogP contribution in [0.25, 0.3) is 0 Å². The molecule has 0 bridgehead atoms. The van der Waals surface area contributed by atoms with E-state index in [1.54, 1.807) is 11.3 Å². The summed E-state index contributed by atoms with van der Waals surface area (Å²) in [7, 11) is 0. The van der Waals surface area contributed by atoms with Gasteiger partial charge in [-0.25, -0.2) is 0 Å². The van der Waals surface area contributed by atoms with E-state index >= 15 is 0 Å². The molecule has 108 valence electrons. The highest BCUT2D eigenvalue weighted by Gasteiger charge is 2.06. The van der Waals surface area contributed by atoms with E-state index in [4.69, 9.17) is 4.52 Å². The Morgan fingerprint density at radius 1 is 1.10 bits per heavy atom. The van der Waals surface area contributed by atoms with Gasteiger partial charge in [-0.05, 0) is 40.9 Å². The van der Waals surface area contributed by atoms with Crippen molar-refractivity contribution in [1.82, 2.24) is 15.5 Å². The normalized spacial score (nSPS) is 10.9. The fourth-order valence-corrected chi connectivity index (χ4v) is 2.78. The van der Waals surface area contributed by atoms with Gasteiger partial charge in [-0.15, -0.1) is 0 Å². The first-order chi connectivity index (χ1) is 10.4. The SMILES string of the molecule is c1ccc(Cc2noc(CNCCc3ccsc3)n2)cc1. The number of rotatable bonds is 7. The van der Waals surface area contributed by atoms with E-state index in [1.165, 1.54) is 11.1 Å². The van der Waals surface area contributed by atoms with E-state index in [0.29, 0.717) is 18.9 Å². The van der Waals surface area contributed by atoms with Gasteiger partial charge in [0.2, 0.25) is 5.89 Å². The number of aromatic nitrogens is 2. The summed E-state index contributed by atoms with van der Waals surface area (Å²) in [6.45, 7) is 1.53. The monoisotopic (exact) mass is 299 g/mol. The van der Waals surface area contributed by atoms with Crippen molar-refractivity contribution in [1.29, 1.82) is 0 Å². The lowest BCUT2D eigenvalue weighted by Crippen LogP contribution is -2.16. The molecule has 0 saturated heterocycles. The molecule has 5 heteroatoms. The Bertz CT molecular complexity index is 649. The van der Waals surface area contributed by atoms with Crippen molar-refractivity contribution in [2.45, 2.75) is 19.4 Å². The fraction of sp³-hybridized carbons (Fsp3) is 0.250. The summed E-state index contributed by atoms with van der Waals surface area (Å²) in [5.41, 5.74) is 2.55. The van der Waals surface area contributed by atoms with Crippen LogP contribution < -0.4 is 5.32 Å². The molecule has 2 heterocycles. The molecule has 0 amide bonds. The lowest BCUT2D eigenvalue weighted by atomic mass is 10.1. The molecular weight excluding hydrogens is 282 g/mol. The van der Waals surface area contributed by atoms with Crippen molar-refractivity contribution in [2.75, 3.05) is 6.54 Å². The fourth-order valence-electron chi connectivity index (χ4n) is 2.08. The second-order valence-corrected chi connectivity index (χ2v) is 5.61. The van der Waals surface area contributed by atoms with Gasteiger partial charge in [-0.1, -0.05) is 35.5 Å². The summed E-state index contributed by atoms with van der Waals surface area (Å²) in [6.07, 6.45) is 1.73. The topological polar surface area (TPSA) is 51.0 Å². The second kappa shape index (κ2) is 7.15. The van der Waals surface area contributed by atoms with Crippen molar-refractivity contribution < 1.29 is 4.52 Å². The molecule has 1 aromatic carbocycles. The van der Waals surface area contributed by atoms with Gasteiger partial charge in [-0.3, -0.25) is 0 Å². The molecule has 0 saturated carbocycles. The van der Waals surface area contributed by atoms with Crippen molar-refractivity contribution in [3.63, 3.8) is 0 Å². The van der Waals surface area contributed by atoms with Gasteiger partial charge in [-0.2, -0.15) is 16.3 Å². The standard InChI is InChI=1S/C16H17N3OS/c1-2-4-13(5-3-1)10-15-18-16(20-19-15)11-17-8-6-14-7-9-21-12-14/h1-5,7,9,12,17H,6,8,10-11H2. The van der Waals surface area contributed by atoms with Crippen LogP contribution >= 0.6 is 11.3 Å². The van der Waals surface area contributed by atoms with Crippen molar-refractivity contribution in [2.24, 2.45) is 0 Å². The van der Waals surface area contributed by atoms with Crippen LogP contribution in [-0.4, -0.2) is 16.7 Å². The molecule has 0 radical (unpaired) electrons. The molecule has 21 heavy (non-hydrogen) atoms. The minimum Gasteiger partial charge on any atom is -0.338 e. The maximum atomic E-state index is 5.25. The average Bonchev–Trinajstić information content (AvgIpc) is 3.17. The van der Waals surface area contributed by atoms with Crippen LogP contribution in [0.1, 0.15) is 22.8 Å². The van der Waals surface area contributed by atoms with Gasteiger partial charge < -0.3 is 9.84 Å². The minimum atomic E-state index is 0.617. The molecule has 0 fully saturated rings. The first-order valence-electron chi connectivity index (χ1n) is 6.97. The highest BCUT2D eigenvalue weighted by molar-refractivity contribution is 7.07. The van der Waals surface area contributed by atoms with Crippen LogP contribution in [0.3, 0.4) is 0 Å². The molecule has 1 N–H and O–H groups in total. The first-order valence-corrected chi connectivity index (χ1v) is 7.91. The van der Waals surface area contributed by atoms with Crippen molar-refractivity contribution >= 4 is 11.3 Å². The number of nitrogens with zero attached hydrogens (tertiary/aromatic N) is 2. The quantitative estimate of drug-likeness (QED) is 0.681. The number of hydrogen-bond acceptors (Lipinski definition) is 5. The van der Waals surface area contributed by atoms with Crippen LogP contribution in [0.2, 0.25) is 0 Å². The number of nitrogens with one attached hydrogen (secondary N) is 1. The van der Waals surface area contributed by atoms with Crippen LogP contribution in [0.15, 0.2) is 51.7 Å². The zero-order valence-corrected chi connectivity index (χ0v) is 12.5. The van der Waals surface area contributed by atoms with Gasteiger partial charge in [0.05, 0.1) is 6.54 Å². The van der Waals surface area contributed by atoms with E-state index in [9.17, 15) is 0 Å². The molecule has 3 aromatic rings. The van der Waals surface area contributed by atoms with E-state index < -0.39 is 0 Å². The van der Waals surface area contributed by atoms with Gasteiger partial charge in [0.15, 0.2) is 5.82 Å². The molecular formula is C16H17N3OS. The molecule has 2 aromatic heterocycles. The Labute approximate surface area is 127 Å². The summed E-state index contributed by atoms with van der Waals surface area (Å²) in [6, 6.07) is 12.3. The molecule has 0 atom stereocenters. The minimum absolute atomic E-state index is 0.617. The predicted molar refractivity (Wildman–Crippen MR) is 83.3 cm³/mol. The summed E-state index contributed by atoms with van der Waals surface area (Å²) in [5.74, 6) is 1.38. The summed E-state index contributed by atoms with van der Waals surface area (Å²) < 4.78 is 5.25. The van der Waals surface area contributed by atoms with E-state index in [0.717, 1.165) is 18.8 Å². The first kappa shape index (κ1) is 14.0. The molecule has 0 spiro atoms. The lowest BCUT2D eigenvalue weighted by molar-refractivity contribution is 0.364. The average molecular weight is 299 g/mol. The number of thiophene rings is 1. The Kier molecular flexibility index (Phi) is 4.76. The van der Waals surface area contributed by atoms with Crippen molar-refractivity contribution in [3.05, 3.63) is 70.0 Å². The molecule has 0 aliphatic rings.